The molecule has 0 amide bonds. The number of aryl methyl sites for hydroxylation is 1. The fourth-order valence-electron chi connectivity index (χ4n) is 4.47. The summed E-state index contributed by atoms with van der Waals surface area (Å²) in [5.74, 6) is 0. The Morgan fingerprint density at radius 3 is 1.67 bits per heavy atom. The fourth-order valence-corrected chi connectivity index (χ4v) is 4.47. The van der Waals surface area contributed by atoms with Gasteiger partial charge in [0.15, 0.2) is 0 Å². The van der Waals surface area contributed by atoms with E-state index in [0.29, 0.717) is 0 Å². The molecule has 5 aromatic carbocycles. The maximum atomic E-state index is 6.27. The molecule has 0 aliphatic rings. The lowest BCUT2D eigenvalue weighted by Crippen LogP contribution is -1.84. The molecule has 0 fully saturated rings. The maximum Gasteiger partial charge on any atom is 0.143 e. The molecule has 0 aliphatic heterocycles. The minimum Gasteiger partial charge on any atom is -0.455 e. The molecule has 0 spiro atoms. The first kappa shape index (κ1) is 25.0. The maximum absolute atomic E-state index is 6.27. The Hall–Kier alpha value is -4.10. The van der Waals surface area contributed by atoms with Gasteiger partial charge in [-0.25, -0.2) is 0 Å². The third-order valence-corrected chi connectivity index (χ3v) is 6.16. The molecule has 6 aromatic rings. The van der Waals surface area contributed by atoms with Gasteiger partial charge in [-0.2, -0.15) is 0 Å². The highest BCUT2D eigenvalue weighted by Gasteiger charge is 2.12. The molecule has 180 valence electrons. The van der Waals surface area contributed by atoms with Crippen molar-refractivity contribution < 1.29 is 4.42 Å². The third kappa shape index (κ3) is 4.97. The van der Waals surface area contributed by atoms with Gasteiger partial charge in [-0.05, 0) is 52.9 Å². The highest BCUT2D eigenvalue weighted by Crippen LogP contribution is 2.37. The Morgan fingerprint density at radius 1 is 0.444 bits per heavy atom. The smallest absolute Gasteiger partial charge is 0.143 e. The van der Waals surface area contributed by atoms with Crippen LogP contribution < -0.4 is 0 Å². The van der Waals surface area contributed by atoms with E-state index in [2.05, 4.69) is 110 Å². The lowest BCUT2D eigenvalue weighted by atomic mass is 9.95. The quantitative estimate of drug-likeness (QED) is 0.251. The van der Waals surface area contributed by atoms with E-state index in [1.165, 1.54) is 27.8 Å². The summed E-state index contributed by atoms with van der Waals surface area (Å²) < 4.78 is 6.27. The molecule has 0 atom stereocenters. The van der Waals surface area contributed by atoms with Gasteiger partial charge in [-0.3, -0.25) is 0 Å². The van der Waals surface area contributed by atoms with E-state index in [4.69, 9.17) is 4.42 Å². The van der Waals surface area contributed by atoms with E-state index in [9.17, 15) is 0 Å². The second-order valence-electron chi connectivity index (χ2n) is 8.31. The van der Waals surface area contributed by atoms with Gasteiger partial charge >= 0.3 is 0 Å². The monoisotopic (exact) mass is 470 g/mol. The topological polar surface area (TPSA) is 13.1 Å². The van der Waals surface area contributed by atoms with Crippen LogP contribution in [0.25, 0.3) is 55.3 Å². The summed E-state index contributed by atoms with van der Waals surface area (Å²) in [6.45, 7) is 10.1. The van der Waals surface area contributed by atoms with Crippen LogP contribution in [-0.2, 0) is 0 Å². The second-order valence-corrected chi connectivity index (χ2v) is 8.31. The van der Waals surface area contributed by atoms with Crippen LogP contribution in [0.4, 0.5) is 0 Å². The molecule has 0 aliphatic carbocycles. The molecular weight excluding hydrogens is 436 g/mol. The van der Waals surface area contributed by atoms with Gasteiger partial charge in [-0.1, -0.05) is 130 Å². The van der Waals surface area contributed by atoms with E-state index >= 15 is 0 Å². The Bertz CT molecular complexity index is 1570. The molecule has 1 heterocycles. The molecule has 1 nitrogen and oxygen atoms in total. The largest absolute Gasteiger partial charge is 0.455 e. The van der Waals surface area contributed by atoms with Crippen molar-refractivity contribution in [1.29, 1.82) is 0 Å². The minimum absolute atomic E-state index is 0.928. The zero-order valence-corrected chi connectivity index (χ0v) is 21.9. The van der Waals surface area contributed by atoms with E-state index < -0.39 is 0 Å². The normalized spacial score (nSPS) is 10.4. The average Bonchev–Trinajstić information content (AvgIpc) is 3.35. The summed E-state index contributed by atoms with van der Waals surface area (Å²) in [4.78, 5) is 0. The van der Waals surface area contributed by atoms with Gasteiger partial charge in [0.05, 0.1) is 0 Å². The van der Waals surface area contributed by atoms with Crippen LogP contribution in [0.15, 0.2) is 120 Å². The van der Waals surface area contributed by atoms with Gasteiger partial charge < -0.3 is 4.42 Å². The molecule has 1 aromatic heterocycles. The standard InChI is InChI=1S/C31H22O.2C2H6/c1-21-15-17-22(18-16-21)23-7-4-8-24(19-23)25-9-5-10-26(20-25)27-12-6-13-29-28-11-2-3-14-30(28)32-31(27)29;2*1-2/h2-20H,1H3;2*1-2H3. The molecule has 0 radical (unpaired) electrons. The molecule has 0 bridgehead atoms. The summed E-state index contributed by atoms with van der Waals surface area (Å²) in [6, 6.07) is 40.8. The lowest BCUT2D eigenvalue weighted by Gasteiger charge is -2.09. The van der Waals surface area contributed by atoms with Gasteiger partial charge in [0.25, 0.3) is 0 Å². The Morgan fingerprint density at radius 2 is 0.972 bits per heavy atom. The lowest BCUT2D eigenvalue weighted by molar-refractivity contribution is 0.670. The van der Waals surface area contributed by atoms with E-state index in [-0.39, 0.29) is 0 Å². The summed E-state index contributed by atoms with van der Waals surface area (Å²) in [5.41, 5.74) is 10.3. The second kappa shape index (κ2) is 11.6. The number of hydrogen-bond donors (Lipinski definition) is 0. The van der Waals surface area contributed by atoms with Crippen LogP contribution in [0.5, 0.6) is 0 Å². The van der Waals surface area contributed by atoms with Crippen LogP contribution in [0, 0.1) is 6.92 Å². The summed E-state index contributed by atoms with van der Waals surface area (Å²) in [7, 11) is 0. The van der Waals surface area contributed by atoms with Crippen LogP contribution in [0.1, 0.15) is 33.3 Å². The molecule has 36 heavy (non-hydrogen) atoms. The van der Waals surface area contributed by atoms with Crippen LogP contribution >= 0.6 is 0 Å². The molecule has 1 heteroatoms. The summed E-state index contributed by atoms with van der Waals surface area (Å²) >= 11 is 0. The van der Waals surface area contributed by atoms with Crippen molar-refractivity contribution >= 4 is 21.9 Å². The van der Waals surface area contributed by atoms with Crippen LogP contribution in [-0.4, -0.2) is 0 Å². The third-order valence-electron chi connectivity index (χ3n) is 6.16. The molecule has 6 rings (SSSR count). The predicted molar refractivity (Wildman–Crippen MR) is 157 cm³/mol. The highest BCUT2D eigenvalue weighted by atomic mass is 16.3. The van der Waals surface area contributed by atoms with Crippen LogP contribution in [0.3, 0.4) is 0 Å². The van der Waals surface area contributed by atoms with Crippen molar-refractivity contribution in [3.63, 3.8) is 0 Å². The van der Waals surface area contributed by atoms with Crippen molar-refractivity contribution in [3.8, 4) is 33.4 Å². The number of fused-ring (bicyclic) bond motifs is 3. The number of benzene rings is 5. The first-order chi connectivity index (χ1) is 17.8. The Labute approximate surface area is 215 Å². The number of furan rings is 1. The highest BCUT2D eigenvalue weighted by molar-refractivity contribution is 6.09. The summed E-state index contributed by atoms with van der Waals surface area (Å²) in [5, 5.41) is 2.32. The number of para-hydroxylation sites is 2. The zero-order chi connectivity index (χ0) is 25.5. The van der Waals surface area contributed by atoms with Crippen molar-refractivity contribution in [2.45, 2.75) is 34.6 Å². The zero-order valence-electron chi connectivity index (χ0n) is 21.9. The number of hydrogen-bond acceptors (Lipinski definition) is 1. The van der Waals surface area contributed by atoms with Crippen molar-refractivity contribution in [2.24, 2.45) is 0 Å². The average molecular weight is 471 g/mol. The number of rotatable bonds is 3. The van der Waals surface area contributed by atoms with Crippen LogP contribution in [0.2, 0.25) is 0 Å². The predicted octanol–water partition coefficient (Wildman–Crippen LogP) is 10.9. The molecule has 0 saturated carbocycles. The van der Waals surface area contributed by atoms with Crippen molar-refractivity contribution in [2.75, 3.05) is 0 Å². The van der Waals surface area contributed by atoms with Crippen molar-refractivity contribution in [3.05, 3.63) is 121 Å². The first-order valence-electron chi connectivity index (χ1n) is 12.9. The Balaban J connectivity index is 0.000000726. The Kier molecular flexibility index (Phi) is 8.02. The summed E-state index contributed by atoms with van der Waals surface area (Å²) in [6.07, 6.45) is 0. The van der Waals surface area contributed by atoms with Crippen molar-refractivity contribution in [1.82, 2.24) is 0 Å². The van der Waals surface area contributed by atoms with E-state index in [1.807, 2.05) is 39.8 Å². The fraction of sp³-hybridized carbons (Fsp3) is 0.143. The van der Waals surface area contributed by atoms with Gasteiger partial charge in [0.2, 0.25) is 0 Å². The van der Waals surface area contributed by atoms with Gasteiger partial charge in [0, 0.05) is 16.3 Å². The minimum atomic E-state index is 0.928. The molecule has 0 N–H and O–H groups in total. The molecule has 0 unspecified atom stereocenters. The van der Waals surface area contributed by atoms with Gasteiger partial charge in [0.1, 0.15) is 11.2 Å². The SMILES string of the molecule is CC.CC.Cc1ccc(-c2cccc(-c3cccc(-c4cccc5c4oc4ccccc45)c3)c2)cc1. The van der Waals surface area contributed by atoms with Gasteiger partial charge in [-0.15, -0.1) is 0 Å². The molecular formula is C35H34O. The first-order valence-corrected chi connectivity index (χ1v) is 12.9. The van der Waals surface area contributed by atoms with E-state index in [0.717, 1.165) is 33.1 Å². The van der Waals surface area contributed by atoms with E-state index in [1.54, 1.807) is 0 Å². The molecule has 0 saturated heterocycles.